The highest BCUT2D eigenvalue weighted by Crippen LogP contribution is 2.76. The predicted molar refractivity (Wildman–Crippen MR) is 102 cm³/mol. The monoisotopic (exact) mass is 685 g/mol. The molecule has 0 heterocycles. The number of allylic oxidation sites excluding steroid dienone is 1. The largest absolute Gasteiger partial charge is 0.507 e. The number of aliphatic imine (C=N–C) groups is 1. The van der Waals surface area contributed by atoms with Crippen LogP contribution in [0.1, 0.15) is 23.1 Å². The number of fused-ring (bicyclic) bond motifs is 1. The smallest absolute Gasteiger partial charge is 0.438 e. The number of hydrogen-bond acceptors (Lipinski definition) is 3. The lowest BCUT2D eigenvalue weighted by Crippen LogP contribution is -2.65. The zero-order valence-electron chi connectivity index (χ0n) is 19.9. The minimum absolute atomic E-state index is 0.509. The first-order chi connectivity index (χ1) is 19.2. The molecule has 0 aliphatic heterocycles. The van der Waals surface area contributed by atoms with E-state index in [-0.39, 0.29) is 0 Å². The molecule has 0 spiro atoms. The number of hydrogen-bond donors (Lipinski definition) is 1. The van der Waals surface area contributed by atoms with Gasteiger partial charge in [-0.15, -0.1) is 0 Å². The van der Waals surface area contributed by atoms with Crippen LogP contribution < -0.4 is 0 Å². The number of aliphatic hydroxyl groups excluding tert-OH is 1. The van der Waals surface area contributed by atoms with Crippen molar-refractivity contribution in [3.05, 3.63) is 34.4 Å². The van der Waals surface area contributed by atoms with Crippen LogP contribution in [-0.2, 0) is 17.4 Å². The number of carbonyl (C=O) groups is 1. The number of halogens is 20. The molecule has 0 amide bonds. The molecule has 2 aliphatic rings. The van der Waals surface area contributed by atoms with E-state index in [1.165, 1.54) is 0 Å². The van der Waals surface area contributed by atoms with E-state index >= 15 is 0 Å². The summed E-state index contributed by atoms with van der Waals surface area (Å²) in [6.45, 7) is 0. The number of Topliss-reactive ketones (excluding diaryl/α,β-unsaturated/α-hetero) is 1. The average molecular weight is 685 g/mol. The third kappa shape index (κ3) is 4.41. The van der Waals surface area contributed by atoms with Gasteiger partial charge in [0, 0.05) is 11.1 Å². The maximum absolute atomic E-state index is 14.5. The van der Waals surface area contributed by atoms with Crippen LogP contribution in [0.25, 0.3) is 5.76 Å². The van der Waals surface area contributed by atoms with E-state index in [0.29, 0.717) is 0 Å². The number of aliphatic hydroxyl groups is 1. The summed E-state index contributed by atoms with van der Waals surface area (Å²) in [4.78, 5) is 14.7. The van der Waals surface area contributed by atoms with Crippen molar-refractivity contribution in [2.45, 2.75) is 61.2 Å². The summed E-state index contributed by atoms with van der Waals surface area (Å²) in [5.41, 5.74) is -21.4. The van der Waals surface area contributed by atoms with Crippen molar-refractivity contribution in [1.82, 2.24) is 0 Å². The second-order valence-corrected chi connectivity index (χ2v) is 9.18. The van der Waals surface area contributed by atoms with Gasteiger partial charge in [0.25, 0.3) is 5.41 Å². The molecule has 0 unspecified atom stereocenters. The molecule has 1 saturated carbocycles. The molecule has 0 radical (unpaired) electrons. The molecule has 0 atom stereocenters. The van der Waals surface area contributed by atoms with Crippen LogP contribution in [0.3, 0.4) is 0 Å². The second-order valence-electron chi connectivity index (χ2n) is 9.18. The molecule has 23 heteroatoms. The Morgan fingerprint density at radius 1 is 0.682 bits per heavy atom. The zero-order chi connectivity index (χ0) is 34.7. The Labute approximate surface area is 227 Å². The zero-order valence-corrected chi connectivity index (χ0v) is 19.9. The number of rotatable bonds is 3. The van der Waals surface area contributed by atoms with Crippen LogP contribution in [-0.4, -0.2) is 58.8 Å². The Balaban J connectivity index is 2.46. The molecule has 0 bridgehead atoms. The second kappa shape index (κ2) is 9.36. The Kier molecular flexibility index (Phi) is 7.48. The van der Waals surface area contributed by atoms with E-state index in [9.17, 15) is 97.7 Å². The van der Waals surface area contributed by atoms with Crippen LogP contribution in [0.15, 0.2) is 22.7 Å². The normalized spacial score (nSPS) is 22.5. The highest BCUT2D eigenvalue weighted by molar-refractivity contribution is 6.08. The summed E-state index contributed by atoms with van der Waals surface area (Å²) in [6, 6.07) is -1.03. The van der Waals surface area contributed by atoms with Crippen molar-refractivity contribution < 1.29 is 97.7 Å². The number of carbonyl (C=O) groups excluding carboxylic acids is 1. The van der Waals surface area contributed by atoms with Crippen LogP contribution in [0, 0.1) is 5.41 Å². The minimum Gasteiger partial charge on any atom is -0.507 e. The van der Waals surface area contributed by atoms with Crippen LogP contribution in [0.4, 0.5) is 93.5 Å². The quantitative estimate of drug-likeness (QED) is 0.256. The molecule has 3 nitrogen and oxygen atoms in total. The molecule has 2 aliphatic carbocycles. The molecule has 44 heavy (non-hydrogen) atoms. The van der Waals surface area contributed by atoms with E-state index in [2.05, 4.69) is 0 Å². The first kappa shape index (κ1) is 35.2. The average Bonchev–Trinajstić information content (AvgIpc) is 2.85. The van der Waals surface area contributed by atoms with E-state index in [4.69, 9.17) is 0 Å². The molecule has 0 aromatic heterocycles. The van der Waals surface area contributed by atoms with Gasteiger partial charge in [-0.3, -0.25) is 4.79 Å². The van der Waals surface area contributed by atoms with E-state index in [1.807, 2.05) is 4.99 Å². The lowest BCUT2D eigenvalue weighted by atomic mass is 9.70. The summed E-state index contributed by atoms with van der Waals surface area (Å²) in [7, 11) is 0. The van der Waals surface area contributed by atoms with Crippen molar-refractivity contribution >= 4 is 22.9 Å². The summed E-state index contributed by atoms with van der Waals surface area (Å²) in [6.07, 6.45) is -30.1. The summed E-state index contributed by atoms with van der Waals surface area (Å²) in [5, 5.41) is 10.3. The van der Waals surface area contributed by atoms with E-state index < -0.39 is 124 Å². The van der Waals surface area contributed by atoms with Crippen LogP contribution in [0.2, 0.25) is 0 Å². The van der Waals surface area contributed by atoms with Gasteiger partial charge in [-0.2, -0.15) is 87.8 Å². The third-order valence-electron chi connectivity index (χ3n) is 6.65. The van der Waals surface area contributed by atoms with Crippen molar-refractivity contribution in [3.8, 4) is 0 Å². The Morgan fingerprint density at radius 3 is 1.48 bits per heavy atom. The van der Waals surface area contributed by atoms with Gasteiger partial charge in [-0.1, -0.05) is 0 Å². The van der Waals surface area contributed by atoms with Crippen molar-refractivity contribution in [3.63, 3.8) is 0 Å². The van der Waals surface area contributed by atoms with Crippen LogP contribution >= 0.6 is 0 Å². The summed E-state index contributed by atoms with van der Waals surface area (Å²) >= 11 is 0. The van der Waals surface area contributed by atoms with Gasteiger partial charge in [0.2, 0.25) is 5.71 Å². The highest BCUT2D eigenvalue weighted by atomic mass is 19.4. The van der Waals surface area contributed by atoms with Gasteiger partial charge in [0.05, 0.1) is 11.3 Å². The van der Waals surface area contributed by atoms with Crippen LogP contribution in [0.5, 0.6) is 0 Å². The molecule has 248 valence electrons. The third-order valence-corrected chi connectivity index (χ3v) is 6.65. The Morgan fingerprint density at radius 2 is 1.11 bits per heavy atom. The maximum Gasteiger partial charge on any atom is 0.438 e. The molecule has 1 N–H and O–H groups in total. The molecular formula is C21H7F20NO2. The maximum atomic E-state index is 14.5. The van der Waals surface area contributed by atoms with E-state index in [1.54, 1.807) is 0 Å². The first-order valence-electron chi connectivity index (χ1n) is 10.8. The predicted octanol–water partition coefficient (Wildman–Crippen LogP) is 8.79. The van der Waals surface area contributed by atoms with Crippen molar-refractivity contribution in [2.75, 3.05) is 0 Å². The van der Waals surface area contributed by atoms with Gasteiger partial charge in [-0.25, -0.2) is 4.99 Å². The Hall–Kier alpha value is -3.30. The fraction of sp³-hybridized carbons (Fsp3) is 0.524. The number of ketones is 1. The minimum atomic E-state index is -7.74. The standard InChI is InChI=1S/C21H7F20NO2/c22-14(23,24)5-3-8-6(9(4-5)42-12(15(25,26)27)16(28,29)30)1-2-7(10(8)43)11(44)13(21(39,40)41)17(31,32)19(35,36)20(37,38)18(13,33)34/h3-4,43H,1-2H2. The topological polar surface area (TPSA) is 49.7 Å². The lowest BCUT2D eigenvalue weighted by molar-refractivity contribution is -0.342. The lowest BCUT2D eigenvalue weighted by Gasteiger charge is -2.39. The van der Waals surface area contributed by atoms with E-state index in [0.717, 1.165) is 0 Å². The molecule has 0 saturated heterocycles. The van der Waals surface area contributed by atoms with Gasteiger partial charge in [0.15, 0.2) is 5.78 Å². The first-order valence-corrected chi connectivity index (χ1v) is 10.8. The molecule has 3 rings (SSSR count). The van der Waals surface area contributed by atoms with Crippen molar-refractivity contribution in [1.29, 1.82) is 0 Å². The fourth-order valence-electron chi connectivity index (χ4n) is 4.61. The Bertz CT molecular complexity index is 1400. The van der Waals surface area contributed by atoms with Gasteiger partial charge in [-0.05, 0) is 30.5 Å². The summed E-state index contributed by atoms with van der Waals surface area (Å²) in [5.74, 6) is -37.4. The number of benzene rings is 1. The van der Waals surface area contributed by atoms with Gasteiger partial charge >= 0.3 is 48.4 Å². The van der Waals surface area contributed by atoms with Gasteiger partial charge in [0.1, 0.15) is 5.76 Å². The number of alkyl halides is 20. The number of nitrogens with zero attached hydrogens (tertiary/aromatic N) is 1. The van der Waals surface area contributed by atoms with Gasteiger partial charge < -0.3 is 5.11 Å². The summed E-state index contributed by atoms with van der Waals surface area (Å²) < 4.78 is 273. The molecule has 1 aromatic rings. The highest BCUT2D eigenvalue weighted by Gasteiger charge is 3.06. The molecule has 1 fully saturated rings. The fourth-order valence-corrected chi connectivity index (χ4v) is 4.61. The SMILES string of the molecule is O=C(C1=C(O)c2cc(C(F)(F)F)cc(N=C(C(F)(F)F)C(F)(F)F)c2CC1)C1(C(F)(F)F)C(F)(F)C(F)(F)C(F)(F)C1(F)F. The molecule has 1 aromatic carbocycles. The molecular weight excluding hydrogens is 678 g/mol. The van der Waals surface area contributed by atoms with Crippen molar-refractivity contribution in [2.24, 2.45) is 10.4 Å².